The normalized spacial score (nSPS) is 17.6. The Balaban J connectivity index is 1.39. The first-order chi connectivity index (χ1) is 13.7. The molecule has 4 rings (SSSR count). The summed E-state index contributed by atoms with van der Waals surface area (Å²) >= 11 is 0. The number of para-hydroxylation sites is 1. The zero-order valence-electron chi connectivity index (χ0n) is 16.1. The highest BCUT2D eigenvalue weighted by Crippen LogP contribution is 2.28. The molecule has 2 aliphatic rings. The third-order valence-electron chi connectivity index (χ3n) is 5.85. The fraction of sp³-hybridized carbons (Fsp3) is 0.391. The van der Waals surface area contributed by atoms with Crippen molar-refractivity contribution >= 4 is 17.6 Å². The third kappa shape index (κ3) is 4.03. The molecule has 28 heavy (non-hydrogen) atoms. The molecule has 5 nitrogen and oxygen atoms in total. The number of rotatable bonds is 3. The lowest BCUT2D eigenvalue weighted by atomic mass is 9.90. The molecule has 0 unspecified atom stereocenters. The highest BCUT2D eigenvalue weighted by molar-refractivity contribution is 6.03. The quantitative estimate of drug-likeness (QED) is 0.865. The maximum Gasteiger partial charge on any atom is 0.321 e. The van der Waals surface area contributed by atoms with E-state index in [1.54, 1.807) is 6.07 Å². The number of carbonyl (C=O) groups is 2. The number of carbonyl (C=O) groups excluding carboxylic acids is 2. The van der Waals surface area contributed by atoms with Crippen LogP contribution in [0.3, 0.4) is 0 Å². The van der Waals surface area contributed by atoms with Gasteiger partial charge in [0.15, 0.2) is 0 Å². The summed E-state index contributed by atoms with van der Waals surface area (Å²) in [4.78, 5) is 29.3. The Bertz CT molecular complexity index is 823. The van der Waals surface area contributed by atoms with Crippen LogP contribution < -0.4 is 5.32 Å². The van der Waals surface area contributed by atoms with E-state index in [9.17, 15) is 9.59 Å². The number of nitrogens with zero attached hydrogens (tertiary/aromatic N) is 2. The molecule has 1 N–H and O–H groups in total. The Morgan fingerprint density at radius 1 is 0.786 bits per heavy atom. The summed E-state index contributed by atoms with van der Waals surface area (Å²) in [6.45, 7) is 3.06. The Kier molecular flexibility index (Phi) is 5.60. The van der Waals surface area contributed by atoms with E-state index >= 15 is 0 Å². The molecule has 2 saturated heterocycles. The van der Waals surface area contributed by atoms with Crippen molar-refractivity contribution in [1.29, 1.82) is 0 Å². The highest BCUT2D eigenvalue weighted by Gasteiger charge is 2.26. The van der Waals surface area contributed by atoms with Gasteiger partial charge in [0.1, 0.15) is 0 Å². The molecule has 5 heteroatoms. The predicted molar refractivity (Wildman–Crippen MR) is 111 cm³/mol. The van der Waals surface area contributed by atoms with Gasteiger partial charge in [0.05, 0.1) is 11.3 Å². The van der Waals surface area contributed by atoms with Gasteiger partial charge < -0.3 is 15.1 Å². The van der Waals surface area contributed by atoms with E-state index in [0.717, 1.165) is 51.9 Å². The van der Waals surface area contributed by atoms with E-state index in [4.69, 9.17) is 0 Å². The Labute approximate surface area is 166 Å². The van der Waals surface area contributed by atoms with Crippen LogP contribution in [0.5, 0.6) is 0 Å². The van der Waals surface area contributed by atoms with Gasteiger partial charge in [0.2, 0.25) is 0 Å². The van der Waals surface area contributed by atoms with Crippen LogP contribution in [-0.4, -0.2) is 47.9 Å². The van der Waals surface area contributed by atoms with Gasteiger partial charge in [-0.05, 0) is 49.3 Å². The van der Waals surface area contributed by atoms with Crippen molar-refractivity contribution in [2.75, 3.05) is 31.5 Å². The van der Waals surface area contributed by atoms with Crippen molar-refractivity contribution in [2.45, 2.75) is 31.6 Å². The van der Waals surface area contributed by atoms with Gasteiger partial charge in [0, 0.05) is 26.2 Å². The molecular formula is C23H27N3O2. The lowest BCUT2D eigenvalue weighted by Crippen LogP contribution is -2.41. The molecule has 0 bridgehead atoms. The van der Waals surface area contributed by atoms with Gasteiger partial charge in [-0.15, -0.1) is 0 Å². The maximum atomic E-state index is 12.8. The number of anilines is 1. The first-order valence-corrected chi connectivity index (χ1v) is 10.2. The van der Waals surface area contributed by atoms with Crippen LogP contribution in [0.15, 0.2) is 54.6 Å². The minimum atomic E-state index is -0.117. The number of likely N-dealkylation sites (tertiary alicyclic amines) is 2. The summed E-state index contributed by atoms with van der Waals surface area (Å²) in [5, 5.41) is 2.98. The van der Waals surface area contributed by atoms with E-state index < -0.39 is 0 Å². The number of benzene rings is 2. The molecule has 0 atom stereocenters. The monoisotopic (exact) mass is 377 g/mol. The molecule has 0 aromatic heterocycles. The van der Waals surface area contributed by atoms with Crippen LogP contribution in [0.4, 0.5) is 10.5 Å². The van der Waals surface area contributed by atoms with Crippen LogP contribution >= 0.6 is 0 Å². The van der Waals surface area contributed by atoms with Crippen LogP contribution in [0, 0.1) is 0 Å². The standard InChI is InChI=1S/C23H27N3O2/c27-22(25-14-6-7-15-25)20-10-4-5-11-21(20)24-23(28)26-16-12-19(13-17-26)18-8-2-1-3-9-18/h1-5,8-11,19H,6-7,12-17H2,(H,24,28). The average molecular weight is 377 g/mol. The molecule has 146 valence electrons. The van der Waals surface area contributed by atoms with Crippen LogP contribution in [0.25, 0.3) is 0 Å². The minimum Gasteiger partial charge on any atom is -0.339 e. The van der Waals surface area contributed by atoms with Crippen molar-refractivity contribution in [3.05, 3.63) is 65.7 Å². The predicted octanol–water partition coefficient (Wildman–Crippen LogP) is 4.33. The Morgan fingerprint density at radius 2 is 1.43 bits per heavy atom. The second-order valence-electron chi connectivity index (χ2n) is 7.65. The molecule has 0 saturated carbocycles. The van der Waals surface area contributed by atoms with Crippen LogP contribution in [0.1, 0.15) is 47.5 Å². The third-order valence-corrected chi connectivity index (χ3v) is 5.85. The molecule has 2 aromatic carbocycles. The SMILES string of the molecule is O=C(Nc1ccccc1C(=O)N1CCCC1)N1CCC(c2ccccc2)CC1. The van der Waals surface area contributed by atoms with Gasteiger partial charge in [-0.2, -0.15) is 0 Å². The highest BCUT2D eigenvalue weighted by atomic mass is 16.2. The van der Waals surface area contributed by atoms with E-state index in [-0.39, 0.29) is 11.9 Å². The van der Waals surface area contributed by atoms with Gasteiger partial charge >= 0.3 is 6.03 Å². The molecular weight excluding hydrogens is 350 g/mol. The zero-order chi connectivity index (χ0) is 19.3. The Hall–Kier alpha value is -2.82. The van der Waals surface area contributed by atoms with E-state index in [0.29, 0.717) is 17.2 Å². The fourth-order valence-electron chi connectivity index (χ4n) is 4.20. The van der Waals surface area contributed by atoms with Crippen molar-refractivity contribution in [3.8, 4) is 0 Å². The second kappa shape index (κ2) is 8.46. The van der Waals surface area contributed by atoms with Crippen LogP contribution in [-0.2, 0) is 0 Å². The van der Waals surface area contributed by atoms with E-state index in [1.807, 2.05) is 34.1 Å². The van der Waals surface area contributed by atoms with Crippen molar-refractivity contribution in [3.63, 3.8) is 0 Å². The van der Waals surface area contributed by atoms with E-state index in [2.05, 4.69) is 29.6 Å². The molecule has 2 heterocycles. The smallest absolute Gasteiger partial charge is 0.321 e. The first-order valence-electron chi connectivity index (χ1n) is 10.2. The summed E-state index contributed by atoms with van der Waals surface area (Å²) in [5.41, 5.74) is 2.54. The molecule has 0 spiro atoms. The number of piperidine rings is 1. The number of hydrogen-bond donors (Lipinski definition) is 1. The largest absolute Gasteiger partial charge is 0.339 e. The average Bonchev–Trinajstić information content (AvgIpc) is 3.29. The van der Waals surface area contributed by atoms with Crippen molar-refractivity contribution in [1.82, 2.24) is 9.80 Å². The zero-order valence-corrected chi connectivity index (χ0v) is 16.1. The molecule has 2 aromatic rings. The summed E-state index contributed by atoms with van der Waals surface area (Å²) in [5.74, 6) is 0.519. The van der Waals surface area contributed by atoms with Gasteiger partial charge in [-0.25, -0.2) is 4.79 Å². The van der Waals surface area contributed by atoms with Crippen molar-refractivity contribution < 1.29 is 9.59 Å². The summed E-state index contributed by atoms with van der Waals surface area (Å²) < 4.78 is 0. The summed E-state index contributed by atoms with van der Waals surface area (Å²) in [6, 6.07) is 17.7. The molecule has 2 aliphatic heterocycles. The molecule has 0 aliphatic carbocycles. The van der Waals surface area contributed by atoms with Gasteiger partial charge in [-0.1, -0.05) is 42.5 Å². The van der Waals surface area contributed by atoms with Crippen molar-refractivity contribution in [2.24, 2.45) is 0 Å². The van der Waals surface area contributed by atoms with Gasteiger partial charge in [-0.3, -0.25) is 4.79 Å². The minimum absolute atomic E-state index is 0.0104. The fourth-order valence-corrected chi connectivity index (χ4v) is 4.20. The molecule has 3 amide bonds. The first kappa shape index (κ1) is 18.5. The Morgan fingerprint density at radius 3 is 2.14 bits per heavy atom. The summed E-state index contributed by atoms with van der Waals surface area (Å²) in [6.07, 6.45) is 4.03. The second-order valence-corrected chi connectivity index (χ2v) is 7.65. The number of hydrogen-bond acceptors (Lipinski definition) is 2. The lowest BCUT2D eigenvalue weighted by molar-refractivity contribution is 0.0794. The maximum absolute atomic E-state index is 12.8. The van der Waals surface area contributed by atoms with E-state index in [1.165, 1.54) is 5.56 Å². The lowest BCUT2D eigenvalue weighted by Gasteiger charge is -2.32. The van der Waals surface area contributed by atoms with Crippen LogP contribution in [0.2, 0.25) is 0 Å². The number of amides is 3. The topological polar surface area (TPSA) is 52.7 Å². The van der Waals surface area contributed by atoms with Gasteiger partial charge in [0.25, 0.3) is 5.91 Å². The number of nitrogens with one attached hydrogen (secondary N) is 1. The molecule has 2 fully saturated rings. The number of urea groups is 1. The molecule has 0 radical (unpaired) electrons. The summed E-state index contributed by atoms with van der Waals surface area (Å²) in [7, 11) is 0.